The minimum Gasteiger partial charge on any atom is -0.364 e. The molecule has 8 heteroatoms. The van der Waals surface area contributed by atoms with Crippen LogP contribution < -0.4 is 10.6 Å². The zero-order valence-corrected chi connectivity index (χ0v) is 16.6. The maximum Gasteiger partial charge on any atom is 0.267 e. The highest BCUT2D eigenvalue weighted by Crippen LogP contribution is 2.44. The molecule has 0 bridgehead atoms. The van der Waals surface area contributed by atoms with Crippen molar-refractivity contribution in [3.8, 4) is 0 Å². The van der Waals surface area contributed by atoms with Crippen molar-refractivity contribution in [2.45, 2.75) is 25.3 Å². The Morgan fingerprint density at radius 3 is 2.47 bits per heavy atom. The summed E-state index contributed by atoms with van der Waals surface area (Å²) in [5.41, 5.74) is 6.69. The molecule has 3 unspecified atom stereocenters. The van der Waals surface area contributed by atoms with E-state index in [0.29, 0.717) is 11.8 Å². The van der Waals surface area contributed by atoms with Gasteiger partial charge in [-0.15, -0.1) is 0 Å². The highest BCUT2D eigenvalue weighted by Gasteiger charge is 2.46. The Bertz CT molecular complexity index is 980. The molecule has 2 aliphatic heterocycles. The van der Waals surface area contributed by atoms with E-state index in [1.807, 2.05) is 24.4 Å². The first-order valence-corrected chi connectivity index (χ1v) is 10.4. The lowest BCUT2D eigenvalue weighted by molar-refractivity contribution is -0.137. The van der Waals surface area contributed by atoms with Gasteiger partial charge in [-0.2, -0.15) is 5.10 Å². The van der Waals surface area contributed by atoms with Crippen LogP contribution in [0.4, 0.5) is 5.82 Å². The number of hydrogen-bond donors (Lipinski definition) is 1. The molecule has 0 radical (unpaired) electrons. The molecule has 2 fully saturated rings. The third kappa shape index (κ3) is 3.32. The molecule has 1 saturated heterocycles. The van der Waals surface area contributed by atoms with Crippen molar-refractivity contribution in [1.82, 2.24) is 15.0 Å². The third-order valence-corrected chi connectivity index (χ3v) is 6.57. The van der Waals surface area contributed by atoms with Gasteiger partial charge in [-0.1, -0.05) is 30.3 Å². The monoisotopic (exact) mass is 404 g/mol. The van der Waals surface area contributed by atoms with Gasteiger partial charge in [0.15, 0.2) is 0 Å². The van der Waals surface area contributed by atoms with Crippen LogP contribution in [0.25, 0.3) is 0 Å². The molecule has 0 spiro atoms. The second kappa shape index (κ2) is 7.51. The zero-order chi connectivity index (χ0) is 20.7. The first kappa shape index (κ1) is 18.7. The van der Waals surface area contributed by atoms with Crippen molar-refractivity contribution in [1.29, 1.82) is 0 Å². The molecule has 2 amide bonds. The van der Waals surface area contributed by atoms with E-state index in [4.69, 9.17) is 5.73 Å². The average Bonchev–Trinajstić information content (AvgIpc) is 3.48. The Morgan fingerprint density at radius 2 is 1.77 bits per heavy atom. The fourth-order valence-electron chi connectivity index (χ4n) is 5.11. The number of carbonyl (C=O) groups is 2. The van der Waals surface area contributed by atoms with E-state index in [2.05, 4.69) is 32.1 Å². The highest BCUT2D eigenvalue weighted by molar-refractivity contribution is 5.91. The number of nitrogens with two attached hydrogens (primary N) is 1. The van der Waals surface area contributed by atoms with Gasteiger partial charge in [0.1, 0.15) is 17.8 Å². The summed E-state index contributed by atoms with van der Waals surface area (Å²) in [5.74, 6) is 1.19. The first-order chi connectivity index (χ1) is 14.6. The summed E-state index contributed by atoms with van der Waals surface area (Å²) in [6, 6.07) is 11.8. The summed E-state index contributed by atoms with van der Waals surface area (Å²) in [7, 11) is 0. The Balaban J connectivity index is 1.24. The van der Waals surface area contributed by atoms with Gasteiger partial charge in [0, 0.05) is 37.7 Å². The summed E-state index contributed by atoms with van der Waals surface area (Å²) in [4.78, 5) is 35.1. The van der Waals surface area contributed by atoms with Gasteiger partial charge in [0.25, 0.3) is 5.91 Å². The van der Waals surface area contributed by atoms with Gasteiger partial charge in [0.2, 0.25) is 5.91 Å². The van der Waals surface area contributed by atoms with Crippen LogP contribution in [0.2, 0.25) is 0 Å². The Kier molecular flexibility index (Phi) is 4.69. The minimum atomic E-state index is -0.553. The van der Waals surface area contributed by atoms with E-state index in [0.717, 1.165) is 43.7 Å². The van der Waals surface area contributed by atoms with Gasteiger partial charge in [-0.05, 0) is 30.2 Å². The molecule has 1 aromatic heterocycles. The summed E-state index contributed by atoms with van der Waals surface area (Å²) in [6.07, 6.45) is 5.71. The fourth-order valence-corrected chi connectivity index (χ4v) is 5.11. The summed E-state index contributed by atoms with van der Waals surface area (Å²) < 4.78 is 0. The molecular formula is C22H24N6O2. The minimum absolute atomic E-state index is 0.00359. The first-order valence-electron chi connectivity index (χ1n) is 10.4. The summed E-state index contributed by atoms with van der Waals surface area (Å²) >= 11 is 0. The predicted molar refractivity (Wildman–Crippen MR) is 112 cm³/mol. The van der Waals surface area contributed by atoms with E-state index < -0.39 is 5.91 Å². The highest BCUT2D eigenvalue weighted by atomic mass is 16.2. The van der Waals surface area contributed by atoms with E-state index in [-0.39, 0.29) is 23.6 Å². The molecule has 3 atom stereocenters. The quantitative estimate of drug-likeness (QED) is 0.839. The number of aromatic nitrogens is 2. The number of amides is 2. The van der Waals surface area contributed by atoms with E-state index in [1.54, 1.807) is 11.1 Å². The van der Waals surface area contributed by atoms with E-state index >= 15 is 0 Å². The van der Waals surface area contributed by atoms with Gasteiger partial charge < -0.3 is 10.6 Å². The summed E-state index contributed by atoms with van der Waals surface area (Å²) in [6.45, 7) is 1.66. The molecule has 3 heterocycles. The van der Waals surface area contributed by atoms with Crippen LogP contribution >= 0.6 is 0 Å². The molecular weight excluding hydrogens is 380 g/mol. The van der Waals surface area contributed by atoms with Crippen molar-refractivity contribution in [2.75, 3.05) is 18.0 Å². The number of rotatable bonds is 4. The lowest BCUT2D eigenvalue weighted by Crippen LogP contribution is -2.33. The second-order valence-electron chi connectivity index (χ2n) is 8.36. The van der Waals surface area contributed by atoms with Gasteiger partial charge in [-0.25, -0.2) is 15.0 Å². The van der Waals surface area contributed by atoms with Crippen molar-refractivity contribution in [3.05, 3.63) is 54.0 Å². The molecule has 1 aliphatic carbocycles. The largest absolute Gasteiger partial charge is 0.364 e. The van der Waals surface area contributed by atoms with Gasteiger partial charge in [0.05, 0.1) is 6.04 Å². The van der Waals surface area contributed by atoms with Crippen LogP contribution in [0.5, 0.6) is 0 Å². The maximum atomic E-state index is 13.3. The maximum absolute atomic E-state index is 13.3. The van der Waals surface area contributed by atoms with Crippen LogP contribution in [0, 0.1) is 17.8 Å². The standard InChI is InChI=1S/C22H24N6O2/c23-21(29)18-10-20(25-13-24-18)27-11-16-8-15(9-17(16)12-27)22(30)28-19(6-7-26-28)14-4-2-1-3-5-14/h1-5,7,10,13,15-17,19H,6,8-9,11-12H2,(H2,23,29). The van der Waals surface area contributed by atoms with Crippen LogP contribution in [-0.4, -0.2) is 46.1 Å². The number of primary amides is 1. The number of fused-ring (bicyclic) bond motifs is 1. The van der Waals surface area contributed by atoms with Crippen molar-refractivity contribution >= 4 is 23.8 Å². The SMILES string of the molecule is NC(=O)c1cc(N2CC3CC(C(=O)N4N=CCC4c4ccccc4)CC3C2)ncn1. The zero-order valence-electron chi connectivity index (χ0n) is 16.6. The molecule has 8 nitrogen and oxygen atoms in total. The molecule has 1 aromatic carbocycles. The number of hydrogen-bond acceptors (Lipinski definition) is 6. The number of benzene rings is 1. The van der Waals surface area contributed by atoms with Crippen molar-refractivity contribution in [3.63, 3.8) is 0 Å². The molecule has 2 aromatic rings. The summed E-state index contributed by atoms with van der Waals surface area (Å²) in [5, 5.41) is 6.11. The van der Waals surface area contributed by atoms with Crippen LogP contribution in [-0.2, 0) is 4.79 Å². The number of hydrazone groups is 1. The van der Waals surface area contributed by atoms with Crippen LogP contribution in [0.15, 0.2) is 47.8 Å². The Labute approximate surface area is 174 Å². The van der Waals surface area contributed by atoms with Gasteiger partial charge in [-0.3, -0.25) is 9.59 Å². The lowest BCUT2D eigenvalue weighted by atomic mass is 10.0. The molecule has 30 heavy (non-hydrogen) atoms. The van der Waals surface area contributed by atoms with Crippen molar-refractivity contribution in [2.24, 2.45) is 28.6 Å². The van der Waals surface area contributed by atoms with E-state index in [1.165, 1.54) is 6.33 Å². The van der Waals surface area contributed by atoms with Gasteiger partial charge >= 0.3 is 0 Å². The number of carbonyl (C=O) groups excluding carboxylic acids is 2. The van der Waals surface area contributed by atoms with Crippen LogP contribution in [0.3, 0.4) is 0 Å². The average molecular weight is 404 g/mol. The molecule has 154 valence electrons. The third-order valence-electron chi connectivity index (χ3n) is 6.57. The lowest BCUT2D eigenvalue weighted by Gasteiger charge is -2.26. The topological polar surface area (TPSA) is 105 Å². The Morgan fingerprint density at radius 1 is 1.03 bits per heavy atom. The number of anilines is 1. The Hall–Kier alpha value is -3.29. The smallest absolute Gasteiger partial charge is 0.267 e. The molecule has 5 rings (SSSR count). The molecule has 3 aliphatic rings. The predicted octanol–water partition coefficient (Wildman–Crippen LogP) is 2.00. The fraction of sp³-hybridized carbons (Fsp3) is 0.409. The van der Waals surface area contributed by atoms with Crippen LogP contribution in [0.1, 0.15) is 41.4 Å². The normalized spacial score (nSPS) is 27.5. The van der Waals surface area contributed by atoms with Crippen molar-refractivity contribution < 1.29 is 9.59 Å². The number of nitrogens with zero attached hydrogens (tertiary/aromatic N) is 5. The molecule has 1 saturated carbocycles. The van der Waals surface area contributed by atoms with E-state index in [9.17, 15) is 9.59 Å². The molecule has 2 N–H and O–H groups in total. The second-order valence-corrected chi connectivity index (χ2v) is 8.36.